The Balaban J connectivity index is 0.000000255. The molecule has 34 heavy (non-hydrogen) atoms. The van der Waals surface area contributed by atoms with Gasteiger partial charge in [0.25, 0.3) is 0 Å². The summed E-state index contributed by atoms with van der Waals surface area (Å²) in [5.41, 5.74) is 4.57. The predicted octanol–water partition coefficient (Wildman–Crippen LogP) is 4.14. The molecule has 0 bridgehead atoms. The zero-order valence-corrected chi connectivity index (χ0v) is 23.7. The van der Waals surface area contributed by atoms with Gasteiger partial charge in [-0.05, 0) is 66.2 Å². The molecule has 1 heterocycles. The minimum atomic E-state index is -2.89. The van der Waals surface area contributed by atoms with Crippen molar-refractivity contribution in [3.8, 4) is 0 Å². The first-order valence-corrected chi connectivity index (χ1v) is 17.1. The fourth-order valence-corrected chi connectivity index (χ4v) is 5.29. The first-order valence-electron chi connectivity index (χ1n) is 10.8. The maximum absolute atomic E-state index is 11.4. The van der Waals surface area contributed by atoms with Crippen molar-refractivity contribution in [2.75, 3.05) is 31.9 Å². The molecule has 0 saturated heterocycles. The van der Waals surface area contributed by atoms with Gasteiger partial charge in [0.05, 0.1) is 5.75 Å². The van der Waals surface area contributed by atoms with Gasteiger partial charge >= 0.3 is 0 Å². The Morgan fingerprint density at radius 3 is 1.62 bits per heavy atom. The van der Waals surface area contributed by atoms with E-state index in [-0.39, 0.29) is 5.75 Å². The summed E-state index contributed by atoms with van der Waals surface area (Å²) in [5, 5.41) is 0. The van der Waals surface area contributed by atoms with Gasteiger partial charge in [-0.2, -0.15) is 0 Å². The van der Waals surface area contributed by atoms with E-state index >= 15 is 0 Å². The monoisotopic (exact) mass is 525 g/mol. The van der Waals surface area contributed by atoms with Gasteiger partial charge in [-0.3, -0.25) is 8.42 Å². The Morgan fingerprint density at radius 2 is 1.26 bits per heavy atom. The van der Waals surface area contributed by atoms with Crippen molar-refractivity contribution < 1.29 is 16.8 Å². The molecule has 2 unspecified atom stereocenters. The van der Waals surface area contributed by atoms with Crippen molar-refractivity contribution in [1.82, 2.24) is 4.31 Å². The molecule has 0 fully saturated rings. The Bertz CT molecular complexity index is 1270. The summed E-state index contributed by atoms with van der Waals surface area (Å²) in [7, 11) is -6.87. The first kappa shape index (κ1) is 30.2. The fraction of sp³-hybridized carbons (Fsp3) is 0.385. The molecule has 0 N–H and O–H groups in total. The van der Waals surface area contributed by atoms with Crippen LogP contribution in [0.4, 0.5) is 0 Å². The fourth-order valence-electron chi connectivity index (χ4n) is 2.92. The Hall–Kier alpha value is -1.87. The molecule has 0 aliphatic carbocycles. The number of nitrogens with zero attached hydrogens (tertiary/aromatic N) is 1. The maximum Gasteiger partial charge on any atom is 0.151 e. The lowest BCUT2D eigenvalue weighted by atomic mass is 10.1. The average Bonchev–Trinajstić information content (AvgIpc) is 2.69. The highest BCUT2D eigenvalue weighted by Crippen LogP contribution is 2.12. The molecule has 5 nitrogen and oxygen atoms in total. The van der Waals surface area contributed by atoms with Crippen molar-refractivity contribution >= 4 is 40.8 Å². The lowest BCUT2D eigenvalue weighted by molar-refractivity contribution is 0.470. The molecular weight excluding hydrogens is 486 g/mol. The largest absolute Gasteiger partial charge is 0.263 e. The molecule has 0 radical (unpaired) electrons. The number of rotatable bonds is 4. The van der Waals surface area contributed by atoms with Crippen LogP contribution in [0.5, 0.6) is 0 Å². The van der Waals surface area contributed by atoms with Crippen LogP contribution in [0.3, 0.4) is 0 Å². The van der Waals surface area contributed by atoms with Crippen molar-refractivity contribution in [2.45, 2.75) is 37.8 Å². The van der Waals surface area contributed by atoms with Crippen molar-refractivity contribution in [2.24, 2.45) is 0 Å². The second kappa shape index (κ2) is 12.7. The minimum absolute atomic E-state index is 0.132. The maximum atomic E-state index is 11.4. The van der Waals surface area contributed by atoms with E-state index in [4.69, 9.17) is 0 Å². The van der Waals surface area contributed by atoms with Crippen LogP contribution < -0.4 is 0 Å². The molecule has 190 valence electrons. The van der Waals surface area contributed by atoms with E-state index < -0.39 is 29.1 Å². The summed E-state index contributed by atoms with van der Waals surface area (Å²) in [6.07, 6.45) is 7.74. The second-order valence-electron chi connectivity index (χ2n) is 9.02. The van der Waals surface area contributed by atoms with Gasteiger partial charge in [0.15, 0.2) is 9.84 Å². The van der Waals surface area contributed by atoms with E-state index in [0.29, 0.717) is 0 Å². The molecular formula is C26H39NO4S3. The van der Waals surface area contributed by atoms with Crippen LogP contribution in [0.1, 0.15) is 30.0 Å². The summed E-state index contributed by atoms with van der Waals surface area (Å²) in [6.45, 7) is 7.78. The van der Waals surface area contributed by atoms with Crippen molar-refractivity contribution in [3.63, 3.8) is 0 Å². The summed E-state index contributed by atoms with van der Waals surface area (Å²) >= 11 is 0. The van der Waals surface area contributed by atoms with Crippen LogP contribution in [-0.2, 0) is 34.8 Å². The van der Waals surface area contributed by atoms with Gasteiger partial charge < -0.3 is 0 Å². The number of hydrogen-bond acceptors (Lipinski definition) is 4. The second-order valence-corrected chi connectivity index (χ2v) is 16.1. The highest BCUT2D eigenvalue weighted by Gasteiger charge is 2.13. The predicted molar refractivity (Wildman–Crippen MR) is 151 cm³/mol. The molecule has 0 spiro atoms. The molecule has 2 aromatic rings. The zero-order valence-electron chi connectivity index (χ0n) is 21.2. The zero-order chi connectivity index (χ0) is 26.2. The van der Waals surface area contributed by atoms with Gasteiger partial charge in [-0.15, -0.1) is 0 Å². The van der Waals surface area contributed by atoms with Gasteiger partial charge in [-0.25, -0.2) is 12.7 Å². The normalized spacial score (nSPS) is 17.5. The molecule has 1 aliphatic rings. The highest BCUT2D eigenvalue weighted by atomic mass is 32.2. The highest BCUT2D eigenvalue weighted by molar-refractivity contribution is 7.99. The van der Waals surface area contributed by atoms with Crippen LogP contribution in [0.15, 0.2) is 65.1 Å². The standard InChI is InChI=1S/C9H12O2S.C9H12OS.C8H15NOS/c1-8-3-5-9(6-4-8)7-12(2,10)11;2*1-8-4-6-9(7-5-8)11(2,3)10/h3-6H,7H2,1-2H3;4-7H,2H2,1,3H3;4H,2,5-7H2,1,3H3. The molecule has 0 saturated carbocycles. The van der Waals surface area contributed by atoms with E-state index in [1.165, 1.54) is 17.4 Å². The smallest absolute Gasteiger partial charge is 0.151 e. The van der Waals surface area contributed by atoms with Crippen LogP contribution >= 0.6 is 0 Å². The first-order chi connectivity index (χ1) is 15.5. The third kappa shape index (κ3) is 12.6. The molecule has 3 rings (SSSR count). The number of aryl methyl sites for hydroxylation is 2. The molecule has 1 aliphatic heterocycles. The summed E-state index contributed by atoms with van der Waals surface area (Å²) in [6, 6.07) is 15.1. The van der Waals surface area contributed by atoms with Crippen molar-refractivity contribution in [3.05, 3.63) is 76.9 Å². The summed E-state index contributed by atoms with van der Waals surface area (Å²) in [4.78, 5) is 0.822. The van der Waals surface area contributed by atoms with Crippen LogP contribution in [0, 0.1) is 13.8 Å². The lowest BCUT2D eigenvalue weighted by Gasteiger charge is -2.25. The van der Waals surface area contributed by atoms with Crippen LogP contribution in [0.2, 0.25) is 0 Å². The minimum Gasteiger partial charge on any atom is -0.263 e. The Kier molecular flexibility index (Phi) is 11.3. The molecule has 2 atom stereocenters. The van der Waals surface area contributed by atoms with E-state index in [0.717, 1.165) is 35.5 Å². The molecule has 8 heteroatoms. The lowest BCUT2D eigenvalue weighted by Crippen LogP contribution is -2.33. The Labute approximate surface area is 208 Å². The summed E-state index contributed by atoms with van der Waals surface area (Å²) in [5.74, 6) is 7.37. The summed E-state index contributed by atoms with van der Waals surface area (Å²) < 4.78 is 46.5. The Morgan fingerprint density at radius 1 is 0.794 bits per heavy atom. The quantitative estimate of drug-likeness (QED) is 0.444. The van der Waals surface area contributed by atoms with Crippen LogP contribution in [0.25, 0.3) is 0 Å². The number of hydrogen-bond donors (Lipinski definition) is 0. The third-order valence-corrected chi connectivity index (χ3v) is 8.57. The average molecular weight is 526 g/mol. The van der Waals surface area contributed by atoms with Gasteiger partial charge in [-0.1, -0.05) is 59.2 Å². The van der Waals surface area contributed by atoms with E-state index in [9.17, 15) is 16.8 Å². The molecule has 0 amide bonds. The third-order valence-electron chi connectivity index (χ3n) is 5.01. The van der Waals surface area contributed by atoms with E-state index in [1.807, 2.05) is 66.7 Å². The molecule has 0 aromatic heterocycles. The topological polar surface area (TPSA) is 71.5 Å². The van der Waals surface area contributed by atoms with Gasteiger partial charge in [0.2, 0.25) is 0 Å². The van der Waals surface area contributed by atoms with E-state index in [1.54, 1.807) is 12.5 Å². The SMILES string of the molecule is C=S(C)(=O)N1CC=C(C)CC1.C=S(C)(=O)c1ccc(C)cc1.Cc1ccc(CS(C)(=O)=O)cc1. The van der Waals surface area contributed by atoms with Gasteiger partial charge in [0, 0.05) is 46.5 Å². The van der Waals surface area contributed by atoms with Crippen molar-refractivity contribution in [1.29, 1.82) is 0 Å². The molecule has 2 aromatic carbocycles. The van der Waals surface area contributed by atoms with Gasteiger partial charge in [0.1, 0.15) is 0 Å². The number of sulfone groups is 1. The van der Waals surface area contributed by atoms with Crippen LogP contribution in [-0.4, -0.2) is 64.7 Å². The number of benzene rings is 2. The van der Waals surface area contributed by atoms with E-state index in [2.05, 4.69) is 24.7 Å².